The number of benzene rings is 1. The lowest BCUT2D eigenvalue weighted by molar-refractivity contribution is -0.148. The van der Waals surface area contributed by atoms with Crippen LogP contribution >= 0.6 is 0 Å². The van der Waals surface area contributed by atoms with Crippen LogP contribution in [-0.4, -0.2) is 50.1 Å². The Morgan fingerprint density at radius 1 is 1.14 bits per heavy atom. The van der Waals surface area contributed by atoms with Crippen LogP contribution in [0, 0.1) is 6.92 Å². The number of aliphatic hydroxyl groups excluding tert-OH is 1. The first-order chi connectivity index (χ1) is 9.80. The van der Waals surface area contributed by atoms with E-state index >= 15 is 0 Å². The van der Waals surface area contributed by atoms with Crippen LogP contribution in [-0.2, 0) is 6.54 Å². The Balaban J connectivity index is 2.97. The lowest BCUT2D eigenvalue weighted by Crippen LogP contribution is -2.35. The van der Waals surface area contributed by atoms with Crippen LogP contribution in [0.2, 0.25) is 0 Å². The monoisotopic (exact) mass is 307 g/mol. The number of alkyl halides is 3. The van der Waals surface area contributed by atoms with Gasteiger partial charge in [0.1, 0.15) is 0 Å². The van der Waals surface area contributed by atoms with Crippen molar-refractivity contribution in [3.63, 3.8) is 0 Å². The van der Waals surface area contributed by atoms with Gasteiger partial charge < -0.3 is 14.6 Å². The first kappa shape index (κ1) is 17.6. The number of rotatable bonds is 7. The molecule has 0 radical (unpaired) electrons. The Morgan fingerprint density at radius 2 is 1.71 bits per heavy atom. The Bertz CT molecular complexity index is 464. The molecule has 0 atom stereocenters. The highest BCUT2D eigenvalue weighted by molar-refractivity contribution is 5.47. The van der Waals surface area contributed by atoms with Crippen LogP contribution < -0.4 is 9.47 Å². The van der Waals surface area contributed by atoms with Crippen molar-refractivity contribution in [1.82, 2.24) is 4.90 Å². The molecule has 0 aliphatic heterocycles. The van der Waals surface area contributed by atoms with Gasteiger partial charge in [-0.05, 0) is 30.2 Å². The fourth-order valence-corrected chi connectivity index (χ4v) is 2.04. The van der Waals surface area contributed by atoms with Gasteiger partial charge in [0.05, 0.1) is 27.4 Å². The zero-order valence-corrected chi connectivity index (χ0v) is 12.3. The summed E-state index contributed by atoms with van der Waals surface area (Å²) in [5.41, 5.74) is 1.50. The van der Waals surface area contributed by atoms with Crippen molar-refractivity contribution in [2.45, 2.75) is 19.6 Å². The summed E-state index contributed by atoms with van der Waals surface area (Å²) >= 11 is 0. The molecular weight excluding hydrogens is 287 g/mol. The molecule has 0 heterocycles. The summed E-state index contributed by atoms with van der Waals surface area (Å²) in [4.78, 5) is 1.15. The molecule has 0 aliphatic rings. The zero-order valence-electron chi connectivity index (χ0n) is 12.3. The second-order valence-electron chi connectivity index (χ2n) is 4.68. The standard InChI is InChI=1S/C14H20F3NO3/c1-10-6-12(20-2)13(21-3)7-11(10)8-18(4-5-19)9-14(15,16)17/h6-7,19H,4-5,8-9H2,1-3H3. The van der Waals surface area contributed by atoms with E-state index in [1.807, 2.05) is 0 Å². The fourth-order valence-electron chi connectivity index (χ4n) is 2.04. The third-order valence-corrected chi connectivity index (χ3v) is 3.06. The maximum atomic E-state index is 12.5. The first-order valence-corrected chi connectivity index (χ1v) is 6.42. The van der Waals surface area contributed by atoms with Crippen molar-refractivity contribution >= 4 is 0 Å². The fraction of sp³-hybridized carbons (Fsp3) is 0.571. The van der Waals surface area contributed by atoms with E-state index < -0.39 is 12.7 Å². The van der Waals surface area contributed by atoms with Gasteiger partial charge in [-0.15, -0.1) is 0 Å². The van der Waals surface area contributed by atoms with Crippen LogP contribution in [0.1, 0.15) is 11.1 Å². The van der Waals surface area contributed by atoms with E-state index in [2.05, 4.69) is 0 Å². The molecule has 0 saturated heterocycles. The van der Waals surface area contributed by atoms with Crippen molar-refractivity contribution in [2.75, 3.05) is 33.9 Å². The largest absolute Gasteiger partial charge is 0.493 e. The molecule has 0 bridgehead atoms. The number of halogens is 3. The Morgan fingerprint density at radius 3 is 2.19 bits per heavy atom. The van der Waals surface area contributed by atoms with Crippen LogP contribution in [0.4, 0.5) is 13.2 Å². The van der Waals surface area contributed by atoms with Crippen molar-refractivity contribution < 1.29 is 27.8 Å². The molecule has 1 N–H and O–H groups in total. The molecule has 0 amide bonds. The molecule has 1 aromatic rings. The lowest BCUT2D eigenvalue weighted by atomic mass is 10.1. The third-order valence-electron chi connectivity index (χ3n) is 3.06. The summed E-state index contributed by atoms with van der Waals surface area (Å²) in [7, 11) is 2.97. The summed E-state index contributed by atoms with van der Waals surface area (Å²) in [6.45, 7) is 0.422. The Hall–Kier alpha value is -1.47. The number of hydrogen-bond acceptors (Lipinski definition) is 4. The van der Waals surface area contributed by atoms with Crippen molar-refractivity contribution in [2.24, 2.45) is 0 Å². The average Bonchev–Trinajstić information content (AvgIpc) is 2.39. The third kappa shape index (κ3) is 5.43. The smallest absolute Gasteiger partial charge is 0.401 e. The predicted molar refractivity (Wildman–Crippen MR) is 72.7 cm³/mol. The predicted octanol–water partition coefficient (Wildman–Crippen LogP) is 2.37. The number of hydrogen-bond donors (Lipinski definition) is 1. The maximum absolute atomic E-state index is 12.5. The van der Waals surface area contributed by atoms with Gasteiger partial charge in [-0.3, -0.25) is 4.90 Å². The van der Waals surface area contributed by atoms with Gasteiger partial charge in [0.2, 0.25) is 0 Å². The van der Waals surface area contributed by atoms with Crippen molar-refractivity contribution in [3.8, 4) is 11.5 Å². The summed E-state index contributed by atoms with van der Waals surface area (Å²) in [5, 5.41) is 8.91. The summed E-state index contributed by atoms with van der Waals surface area (Å²) < 4.78 is 47.9. The van der Waals surface area contributed by atoms with E-state index in [1.165, 1.54) is 14.2 Å². The quantitative estimate of drug-likeness (QED) is 0.840. The average molecular weight is 307 g/mol. The molecule has 0 saturated carbocycles. The molecule has 0 fully saturated rings. The van der Waals surface area contributed by atoms with E-state index in [-0.39, 0.29) is 19.7 Å². The molecule has 1 aromatic carbocycles. The molecular formula is C14H20F3NO3. The SMILES string of the molecule is COc1cc(C)c(CN(CCO)CC(F)(F)F)cc1OC. The second-order valence-corrected chi connectivity index (χ2v) is 4.68. The van der Waals surface area contributed by atoms with Gasteiger partial charge >= 0.3 is 6.18 Å². The van der Waals surface area contributed by atoms with E-state index in [1.54, 1.807) is 19.1 Å². The number of nitrogens with zero attached hydrogens (tertiary/aromatic N) is 1. The van der Waals surface area contributed by atoms with Crippen LogP contribution in [0.3, 0.4) is 0 Å². The van der Waals surface area contributed by atoms with Gasteiger partial charge in [-0.25, -0.2) is 0 Å². The minimum atomic E-state index is -4.31. The summed E-state index contributed by atoms with van der Waals surface area (Å²) in [6.07, 6.45) is -4.31. The van der Waals surface area contributed by atoms with Crippen molar-refractivity contribution in [1.29, 1.82) is 0 Å². The Kier molecular flexibility index (Phi) is 6.29. The minimum absolute atomic E-state index is 0.0483. The zero-order chi connectivity index (χ0) is 16.0. The normalized spacial score (nSPS) is 11.8. The van der Waals surface area contributed by atoms with E-state index in [0.717, 1.165) is 10.5 Å². The van der Waals surface area contributed by atoms with Gasteiger partial charge in [-0.2, -0.15) is 13.2 Å². The highest BCUT2D eigenvalue weighted by atomic mass is 19.4. The molecule has 4 nitrogen and oxygen atoms in total. The molecule has 0 aliphatic carbocycles. The molecule has 120 valence electrons. The van der Waals surface area contributed by atoms with E-state index in [9.17, 15) is 13.2 Å². The number of ether oxygens (including phenoxy) is 2. The molecule has 1 rings (SSSR count). The Labute approximate surface area is 122 Å². The highest BCUT2D eigenvalue weighted by Crippen LogP contribution is 2.31. The molecule has 21 heavy (non-hydrogen) atoms. The number of aliphatic hydroxyl groups is 1. The van der Waals surface area contributed by atoms with Crippen LogP contribution in [0.5, 0.6) is 11.5 Å². The van der Waals surface area contributed by atoms with E-state index in [0.29, 0.717) is 17.1 Å². The highest BCUT2D eigenvalue weighted by Gasteiger charge is 2.30. The van der Waals surface area contributed by atoms with E-state index in [4.69, 9.17) is 14.6 Å². The number of aryl methyl sites for hydroxylation is 1. The first-order valence-electron chi connectivity index (χ1n) is 6.42. The van der Waals surface area contributed by atoms with Gasteiger partial charge in [0, 0.05) is 13.1 Å². The second kappa shape index (κ2) is 7.51. The molecule has 7 heteroatoms. The topological polar surface area (TPSA) is 41.9 Å². The molecule has 0 aromatic heterocycles. The van der Waals surface area contributed by atoms with Gasteiger partial charge in [0.15, 0.2) is 11.5 Å². The van der Waals surface area contributed by atoms with Gasteiger partial charge in [-0.1, -0.05) is 0 Å². The van der Waals surface area contributed by atoms with Gasteiger partial charge in [0.25, 0.3) is 0 Å². The summed E-state index contributed by atoms with van der Waals surface area (Å²) in [5.74, 6) is 0.998. The lowest BCUT2D eigenvalue weighted by Gasteiger charge is -2.24. The number of methoxy groups -OCH3 is 2. The molecule has 0 unspecified atom stereocenters. The molecule has 0 spiro atoms. The minimum Gasteiger partial charge on any atom is -0.493 e. The van der Waals surface area contributed by atoms with Crippen LogP contribution in [0.25, 0.3) is 0 Å². The van der Waals surface area contributed by atoms with Crippen molar-refractivity contribution in [3.05, 3.63) is 23.3 Å². The summed E-state index contributed by atoms with van der Waals surface area (Å²) in [6, 6.07) is 3.38. The maximum Gasteiger partial charge on any atom is 0.401 e. The van der Waals surface area contributed by atoms with Crippen LogP contribution in [0.15, 0.2) is 12.1 Å².